The lowest BCUT2D eigenvalue weighted by Crippen LogP contribution is -2.51. The standard InChI is InChI=1S/C13H20F2N4O.ClH/c1-13(16)5-3-2-4-10(13)12(20)18-9-6-17-19(7-9)8-11(14)15;/h6-7,10-11H,2-5,8,16H2,1H3,(H,18,20);1H. The minimum atomic E-state index is -2.47. The summed E-state index contributed by atoms with van der Waals surface area (Å²) in [5.41, 5.74) is 6.08. The molecular formula is C13H21ClF2N4O. The normalized spacial score (nSPS) is 25.5. The SMILES string of the molecule is CC1(N)CCCCC1C(=O)Nc1cnn(CC(F)F)c1.Cl. The molecule has 0 spiro atoms. The third-order valence-corrected chi connectivity index (χ3v) is 3.80. The molecule has 0 aliphatic heterocycles. The first-order valence-corrected chi connectivity index (χ1v) is 6.79. The Morgan fingerprint density at radius 1 is 1.62 bits per heavy atom. The number of nitrogens with zero attached hydrogens (tertiary/aromatic N) is 2. The molecule has 8 heteroatoms. The maximum atomic E-state index is 12.2. The molecule has 0 radical (unpaired) electrons. The summed E-state index contributed by atoms with van der Waals surface area (Å²) in [4.78, 5) is 12.2. The van der Waals surface area contributed by atoms with Gasteiger partial charge in [0.2, 0.25) is 5.91 Å². The topological polar surface area (TPSA) is 72.9 Å². The zero-order valence-corrected chi connectivity index (χ0v) is 12.7. The number of hydrogen-bond acceptors (Lipinski definition) is 3. The lowest BCUT2D eigenvalue weighted by molar-refractivity contribution is -0.122. The molecule has 1 fully saturated rings. The van der Waals surface area contributed by atoms with Crippen LogP contribution in [0.3, 0.4) is 0 Å². The van der Waals surface area contributed by atoms with E-state index in [1.165, 1.54) is 12.4 Å². The first kappa shape index (κ1) is 17.8. The summed E-state index contributed by atoms with van der Waals surface area (Å²) in [5.74, 6) is -0.416. The van der Waals surface area contributed by atoms with Gasteiger partial charge in [0.15, 0.2) is 0 Å². The van der Waals surface area contributed by atoms with Gasteiger partial charge in [-0.15, -0.1) is 12.4 Å². The molecular weight excluding hydrogens is 302 g/mol. The van der Waals surface area contributed by atoms with Crippen molar-refractivity contribution in [1.29, 1.82) is 0 Å². The molecule has 1 aliphatic rings. The van der Waals surface area contributed by atoms with E-state index < -0.39 is 18.5 Å². The maximum Gasteiger partial charge on any atom is 0.257 e. The minimum Gasteiger partial charge on any atom is -0.325 e. The molecule has 1 aliphatic carbocycles. The summed E-state index contributed by atoms with van der Waals surface area (Å²) >= 11 is 0. The quantitative estimate of drug-likeness (QED) is 0.894. The molecule has 1 amide bonds. The average molecular weight is 323 g/mol. The molecule has 1 aromatic heterocycles. The van der Waals surface area contributed by atoms with Crippen LogP contribution in [0.25, 0.3) is 0 Å². The van der Waals surface area contributed by atoms with E-state index in [2.05, 4.69) is 10.4 Å². The Labute approximate surface area is 128 Å². The number of carbonyl (C=O) groups excluding carboxylic acids is 1. The van der Waals surface area contributed by atoms with Gasteiger partial charge in [-0.1, -0.05) is 12.8 Å². The zero-order valence-electron chi connectivity index (χ0n) is 11.9. The number of alkyl halides is 2. The molecule has 1 heterocycles. The Balaban J connectivity index is 0.00000220. The summed E-state index contributed by atoms with van der Waals surface area (Å²) in [6.07, 6.45) is 3.89. The number of nitrogens with one attached hydrogen (secondary N) is 1. The van der Waals surface area contributed by atoms with Crippen molar-refractivity contribution in [3.63, 3.8) is 0 Å². The van der Waals surface area contributed by atoms with Gasteiger partial charge >= 0.3 is 0 Å². The van der Waals surface area contributed by atoms with Crippen molar-refractivity contribution in [2.45, 2.75) is 51.1 Å². The number of anilines is 1. The Kier molecular flexibility index (Phi) is 6.10. The fourth-order valence-corrected chi connectivity index (χ4v) is 2.69. The van der Waals surface area contributed by atoms with Crippen molar-refractivity contribution in [1.82, 2.24) is 9.78 Å². The van der Waals surface area contributed by atoms with Crippen LogP contribution >= 0.6 is 12.4 Å². The first-order valence-electron chi connectivity index (χ1n) is 6.79. The predicted octanol–water partition coefficient (Wildman–Crippen LogP) is 2.42. The number of hydrogen-bond donors (Lipinski definition) is 2. The predicted molar refractivity (Wildman–Crippen MR) is 78.7 cm³/mol. The van der Waals surface area contributed by atoms with Gasteiger partial charge in [0.05, 0.1) is 17.8 Å². The maximum absolute atomic E-state index is 12.2. The molecule has 2 unspecified atom stereocenters. The van der Waals surface area contributed by atoms with Gasteiger partial charge in [-0.3, -0.25) is 9.48 Å². The van der Waals surface area contributed by atoms with Crippen LogP contribution in [0.5, 0.6) is 0 Å². The van der Waals surface area contributed by atoms with Crippen molar-refractivity contribution in [2.24, 2.45) is 11.7 Å². The van der Waals surface area contributed by atoms with Gasteiger partial charge < -0.3 is 11.1 Å². The molecule has 1 aromatic rings. The highest BCUT2D eigenvalue weighted by Gasteiger charge is 2.37. The Bertz CT molecular complexity index is 478. The minimum absolute atomic E-state index is 0. The third kappa shape index (κ3) is 4.64. The van der Waals surface area contributed by atoms with E-state index in [0.29, 0.717) is 5.69 Å². The number of halogens is 3. The lowest BCUT2D eigenvalue weighted by Gasteiger charge is -2.37. The van der Waals surface area contributed by atoms with Crippen molar-refractivity contribution in [3.8, 4) is 0 Å². The van der Waals surface area contributed by atoms with Gasteiger partial charge in [0, 0.05) is 11.7 Å². The summed E-state index contributed by atoms with van der Waals surface area (Å²) in [7, 11) is 0. The molecule has 5 nitrogen and oxygen atoms in total. The van der Waals surface area contributed by atoms with Crippen LogP contribution in [0.15, 0.2) is 12.4 Å². The van der Waals surface area contributed by atoms with Gasteiger partial charge in [-0.2, -0.15) is 5.10 Å². The largest absolute Gasteiger partial charge is 0.325 e. The highest BCUT2D eigenvalue weighted by atomic mass is 35.5. The number of nitrogens with two attached hydrogens (primary N) is 1. The van der Waals surface area contributed by atoms with E-state index in [9.17, 15) is 13.6 Å². The van der Waals surface area contributed by atoms with Crippen LogP contribution in [0.4, 0.5) is 14.5 Å². The van der Waals surface area contributed by atoms with Crippen LogP contribution in [0, 0.1) is 5.92 Å². The highest BCUT2D eigenvalue weighted by Crippen LogP contribution is 2.32. The second-order valence-corrected chi connectivity index (χ2v) is 5.64. The van der Waals surface area contributed by atoms with Gasteiger partial charge in [-0.05, 0) is 19.8 Å². The summed E-state index contributed by atoms with van der Waals surface area (Å²) < 4.78 is 25.6. The molecule has 3 N–H and O–H groups in total. The van der Waals surface area contributed by atoms with Crippen molar-refractivity contribution < 1.29 is 13.6 Å². The average Bonchev–Trinajstić information content (AvgIpc) is 2.74. The summed E-state index contributed by atoms with van der Waals surface area (Å²) in [5, 5.41) is 6.50. The lowest BCUT2D eigenvalue weighted by atomic mass is 9.74. The van der Waals surface area contributed by atoms with E-state index in [1.807, 2.05) is 6.92 Å². The molecule has 21 heavy (non-hydrogen) atoms. The van der Waals surface area contributed by atoms with E-state index in [1.54, 1.807) is 0 Å². The second kappa shape index (κ2) is 7.17. The van der Waals surface area contributed by atoms with E-state index in [4.69, 9.17) is 5.73 Å². The van der Waals surface area contributed by atoms with Crippen molar-refractivity contribution in [3.05, 3.63) is 12.4 Å². The summed E-state index contributed by atoms with van der Waals surface area (Å²) in [6.45, 7) is 1.41. The van der Waals surface area contributed by atoms with Crippen LogP contribution in [-0.2, 0) is 11.3 Å². The number of amides is 1. The van der Waals surface area contributed by atoms with Gasteiger partial charge in [-0.25, -0.2) is 8.78 Å². The first-order chi connectivity index (χ1) is 9.38. The second-order valence-electron chi connectivity index (χ2n) is 5.64. The van der Waals surface area contributed by atoms with Crippen molar-refractivity contribution in [2.75, 3.05) is 5.32 Å². The molecule has 0 aromatic carbocycles. The molecule has 0 bridgehead atoms. The molecule has 120 valence electrons. The van der Waals surface area contributed by atoms with E-state index in [-0.39, 0.29) is 24.2 Å². The number of aromatic nitrogens is 2. The fraction of sp³-hybridized carbons (Fsp3) is 0.692. The van der Waals surface area contributed by atoms with Crippen LogP contribution in [-0.4, -0.2) is 27.7 Å². The Morgan fingerprint density at radius 3 is 2.95 bits per heavy atom. The molecule has 2 atom stereocenters. The van der Waals surface area contributed by atoms with Crippen LogP contribution in [0.2, 0.25) is 0 Å². The molecule has 2 rings (SSSR count). The number of carbonyl (C=O) groups is 1. The highest BCUT2D eigenvalue weighted by molar-refractivity contribution is 5.93. The molecule has 0 saturated heterocycles. The Morgan fingerprint density at radius 2 is 2.33 bits per heavy atom. The van der Waals surface area contributed by atoms with Gasteiger partial charge in [0.25, 0.3) is 6.43 Å². The van der Waals surface area contributed by atoms with Crippen LogP contribution < -0.4 is 11.1 Å². The smallest absolute Gasteiger partial charge is 0.257 e. The van der Waals surface area contributed by atoms with Gasteiger partial charge in [0.1, 0.15) is 6.54 Å². The zero-order chi connectivity index (χ0) is 14.8. The van der Waals surface area contributed by atoms with E-state index in [0.717, 1.165) is 30.4 Å². The fourth-order valence-electron chi connectivity index (χ4n) is 2.69. The Hall–Kier alpha value is -1.21. The third-order valence-electron chi connectivity index (χ3n) is 3.80. The van der Waals surface area contributed by atoms with E-state index >= 15 is 0 Å². The monoisotopic (exact) mass is 322 g/mol. The van der Waals surface area contributed by atoms with Crippen LogP contribution in [0.1, 0.15) is 32.6 Å². The molecule has 1 saturated carbocycles. The summed E-state index contributed by atoms with van der Waals surface area (Å²) in [6, 6.07) is 0. The van der Waals surface area contributed by atoms with Crippen molar-refractivity contribution >= 4 is 24.0 Å². The number of rotatable bonds is 4.